The van der Waals surface area contributed by atoms with Crippen LogP contribution in [0.1, 0.15) is 36.5 Å². The van der Waals surface area contributed by atoms with Crippen LogP contribution in [0.15, 0.2) is 53.4 Å². The number of benzene rings is 2. The maximum absolute atomic E-state index is 12.6. The molecule has 1 heterocycles. The second-order valence-corrected chi connectivity index (χ2v) is 7.78. The first-order valence-corrected chi connectivity index (χ1v) is 9.81. The molecule has 1 aliphatic rings. The van der Waals surface area contributed by atoms with Gasteiger partial charge in [-0.15, -0.1) is 0 Å². The van der Waals surface area contributed by atoms with E-state index in [1.165, 1.54) is 4.90 Å². The van der Waals surface area contributed by atoms with Gasteiger partial charge in [-0.2, -0.15) is 0 Å². The summed E-state index contributed by atoms with van der Waals surface area (Å²) < 4.78 is 5.92. The van der Waals surface area contributed by atoms with Gasteiger partial charge in [0.15, 0.2) is 0 Å². The van der Waals surface area contributed by atoms with Crippen molar-refractivity contribution < 1.29 is 14.3 Å². The van der Waals surface area contributed by atoms with Gasteiger partial charge >= 0.3 is 0 Å². The molecule has 1 aliphatic heterocycles. The van der Waals surface area contributed by atoms with Crippen molar-refractivity contribution in [2.24, 2.45) is 0 Å². The lowest BCUT2D eigenvalue weighted by molar-refractivity contribution is -0.123. The summed E-state index contributed by atoms with van der Waals surface area (Å²) in [5.41, 5.74) is 3.14. The lowest BCUT2D eigenvalue weighted by Crippen LogP contribution is -2.32. The number of hydrogen-bond acceptors (Lipinski definition) is 4. The number of aryl methyl sites for hydroxylation is 1. The summed E-state index contributed by atoms with van der Waals surface area (Å²) >= 11 is 0.976. The highest BCUT2D eigenvalue weighted by Crippen LogP contribution is 2.32. The van der Waals surface area contributed by atoms with E-state index < -0.39 is 0 Å². The van der Waals surface area contributed by atoms with Crippen molar-refractivity contribution in [2.75, 3.05) is 13.2 Å². The van der Waals surface area contributed by atoms with Crippen LogP contribution in [0, 0.1) is 6.92 Å². The van der Waals surface area contributed by atoms with E-state index in [-0.39, 0.29) is 24.3 Å². The molecule has 3 rings (SSSR count). The molecule has 0 N–H and O–H groups in total. The maximum atomic E-state index is 12.6. The van der Waals surface area contributed by atoms with E-state index >= 15 is 0 Å². The van der Waals surface area contributed by atoms with E-state index in [4.69, 9.17) is 4.74 Å². The van der Waals surface area contributed by atoms with Crippen molar-refractivity contribution in [1.29, 1.82) is 0 Å². The van der Waals surface area contributed by atoms with Crippen LogP contribution >= 0.6 is 11.8 Å². The molecule has 4 nitrogen and oxygen atoms in total. The predicted octanol–water partition coefficient (Wildman–Crippen LogP) is 5.23. The monoisotopic (exact) mass is 381 g/mol. The lowest BCUT2D eigenvalue weighted by Gasteiger charge is -2.17. The summed E-state index contributed by atoms with van der Waals surface area (Å²) in [6.07, 6.45) is 1.75. The summed E-state index contributed by atoms with van der Waals surface area (Å²) in [6, 6.07) is 15.7. The predicted molar refractivity (Wildman–Crippen MR) is 110 cm³/mol. The maximum Gasteiger partial charge on any atom is 0.293 e. The highest BCUT2D eigenvalue weighted by atomic mass is 32.2. The van der Waals surface area contributed by atoms with Gasteiger partial charge in [-0.25, -0.2) is 0 Å². The van der Waals surface area contributed by atoms with Crippen LogP contribution in [-0.2, 0) is 4.79 Å². The van der Waals surface area contributed by atoms with Gasteiger partial charge in [-0.05, 0) is 53.4 Å². The highest BCUT2D eigenvalue weighted by molar-refractivity contribution is 8.18. The number of nitrogens with zero attached hydrogens (tertiary/aromatic N) is 1. The largest absolute Gasteiger partial charge is 0.491 e. The number of carbonyl (C=O) groups excluding carboxylic acids is 2. The van der Waals surface area contributed by atoms with E-state index in [0.717, 1.165) is 34.2 Å². The first-order valence-electron chi connectivity index (χ1n) is 8.99. The number of thioether (sulfide) groups is 1. The zero-order valence-corrected chi connectivity index (χ0v) is 16.6. The quantitative estimate of drug-likeness (QED) is 0.643. The average Bonchev–Trinajstić information content (AvgIpc) is 2.90. The molecule has 0 unspecified atom stereocenters. The van der Waals surface area contributed by atoms with Gasteiger partial charge in [0.1, 0.15) is 12.4 Å². The SMILES string of the molecule is Cc1ccc(C(C)C)c(OCCN2C(=O)S/C(=C\c3ccccc3)C2=O)c1. The summed E-state index contributed by atoms with van der Waals surface area (Å²) in [5.74, 6) is 0.897. The fourth-order valence-corrected chi connectivity index (χ4v) is 3.75. The Bertz CT molecular complexity index is 874. The van der Waals surface area contributed by atoms with Gasteiger partial charge in [0.25, 0.3) is 11.1 Å². The molecule has 1 saturated heterocycles. The van der Waals surface area contributed by atoms with Crippen LogP contribution < -0.4 is 4.74 Å². The molecule has 27 heavy (non-hydrogen) atoms. The Morgan fingerprint density at radius 3 is 2.56 bits per heavy atom. The molecular formula is C22H23NO3S. The summed E-state index contributed by atoms with van der Waals surface area (Å²) in [6.45, 7) is 6.76. The average molecular weight is 381 g/mol. The lowest BCUT2D eigenvalue weighted by atomic mass is 10.0. The van der Waals surface area contributed by atoms with Gasteiger partial charge in [0, 0.05) is 0 Å². The molecule has 0 aromatic heterocycles. The van der Waals surface area contributed by atoms with Crippen LogP contribution in [0.25, 0.3) is 6.08 Å². The van der Waals surface area contributed by atoms with Gasteiger partial charge in [-0.3, -0.25) is 14.5 Å². The van der Waals surface area contributed by atoms with Crippen LogP contribution in [0.5, 0.6) is 5.75 Å². The topological polar surface area (TPSA) is 46.6 Å². The third-order valence-corrected chi connectivity index (χ3v) is 5.24. The van der Waals surface area contributed by atoms with E-state index in [9.17, 15) is 9.59 Å². The molecule has 0 saturated carbocycles. The molecule has 0 aliphatic carbocycles. The zero-order valence-electron chi connectivity index (χ0n) is 15.8. The molecule has 0 spiro atoms. The Labute approximate surface area is 164 Å². The van der Waals surface area contributed by atoms with Crippen molar-refractivity contribution in [3.63, 3.8) is 0 Å². The molecular weight excluding hydrogens is 358 g/mol. The number of hydrogen-bond donors (Lipinski definition) is 0. The molecule has 2 aromatic rings. The second kappa shape index (κ2) is 8.44. The smallest absolute Gasteiger partial charge is 0.293 e. The van der Waals surface area contributed by atoms with Crippen molar-refractivity contribution in [1.82, 2.24) is 4.90 Å². The van der Waals surface area contributed by atoms with E-state index in [1.807, 2.05) is 43.3 Å². The van der Waals surface area contributed by atoms with E-state index in [1.54, 1.807) is 6.08 Å². The Hall–Kier alpha value is -2.53. The van der Waals surface area contributed by atoms with E-state index in [2.05, 4.69) is 26.0 Å². The Morgan fingerprint density at radius 2 is 1.85 bits per heavy atom. The van der Waals surface area contributed by atoms with Crippen LogP contribution in [-0.4, -0.2) is 29.2 Å². The fourth-order valence-electron chi connectivity index (χ4n) is 2.88. The number of carbonyl (C=O) groups is 2. The highest BCUT2D eigenvalue weighted by Gasteiger charge is 2.34. The van der Waals surface area contributed by atoms with Gasteiger partial charge in [-0.1, -0.05) is 56.3 Å². The van der Waals surface area contributed by atoms with Crippen molar-refractivity contribution in [3.8, 4) is 5.75 Å². The first-order chi connectivity index (χ1) is 13.0. The first kappa shape index (κ1) is 19.2. The molecule has 0 atom stereocenters. The van der Waals surface area contributed by atoms with E-state index in [0.29, 0.717) is 10.8 Å². The molecule has 1 fully saturated rings. The normalized spacial score (nSPS) is 15.9. The van der Waals surface area contributed by atoms with Gasteiger partial charge < -0.3 is 4.74 Å². The Balaban J connectivity index is 1.65. The molecule has 2 amide bonds. The van der Waals surface area contributed by atoms with Gasteiger partial charge in [0.2, 0.25) is 0 Å². The van der Waals surface area contributed by atoms with Gasteiger partial charge in [0.05, 0.1) is 11.4 Å². The number of ether oxygens (including phenoxy) is 1. The summed E-state index contributed by atoms with van der Waals surface area (Å²) in [5, 5.41) is -0.251. The molecule has 0 radical (unpaired) electrons. The Kier molecular flexibility index (Phi) is 6.01. The zero-order chi connectivity index (χ0) is 19.4. The third-order valence-electron chi connectivity index (χ3n) is 4.33. The van der Waals surface area contributed by atoms with Crippen molar-refractivity contribution in [3.05, 3.63) is 70.1 Å². The van der Waals surface area contributed by atoms with Crippen LogP contribution in [0.2, 0.25) is 0 Å². The van der Waals surface area contributed by atoms with Crippen LogP contribution in [0.4, 0.5) is 4.79 Å². The minimum Gasteiger partial charge on any atom is -0.491 e. The number of imide groups is 1. The second-order valence-electron chi connectivity index (χ2n) is 6.79. The molecule has 0 bridgehead atoms. The molecule has 140 valence electrons. The number of rotatable bonds is 6. The van der Waals surface area contributed by atoms with Crippen molar-refractivity contribution >= 4 is 29.0 Å². The minimum atomic E-state index is -0.259. The summed E-state index contributed by atoms with van der Waals surface area (Å²) in [4.78, 5) is 26.5. The third kappa shape index (κ3) is 4.61. The summed E-state index contributed by atoms with van der Waals surface area (Å²) in [7, 11) is 0. The van der Waals surface area contributed by atoms with Crippen LogP contribution in [0.3, 0.4) is 0 Å². The minimum absolute atomic E-state index is 0.238. The number of amides is 2. The standard InChI is InChI=1S/C22H23NO3S/c1-15(2)18-10-9-16(3)13-19(18)26-12-11-23-21(24)20(27-22(23)25)14-17-7-5-4-6-8-17/h4-10,13-15H,11-12H2,1-3H3/b20-14-. The Morgan fingerprint density at radius 1 is 1.11 bits per heavy atom. The fraction of sp³-hybridized carbons (Fsp3) is 0.273. The molecule has 2 aromatic carbocycles. The van der Waals surface area contributed by atoms with Crippen molar-refractivity contribution in [2.45, 2.75) is 26.7 Å². The molecule has 5 heteroatoms.